The van der Waals surface area contributed by atoms with Crippen molar-refractivity contribution in [2.75, 3.05) is 25.6 Å². The van der Waals surface area contributed by atoms with Gasteiger partial charge in [0.1, 0.15) is 0 Å². The molecule has 6 nitrogen and oxygen atoms in total. The van der Waals surface area contributed by atoms with Gasteiger partial charge in [0.2, 0.25) is 5.91 Å². The van der Waals surface area contributed by atoms with E-state index in [-0.39, 0.29) is 24.7 Å². The van der Waals surface area contributed by atoms with Crippen molar-refractivity contribution in [1.29, 1.82) is 0 Å². The number of hydrogen-bond donors (Lipinski definition) is 1. The molecule has 0 unspecified atom stereocenters. The van der Waals surface area contributed by atoms with Gasteiger partial charge in [-0.3, -0.25) is 9.59 Å². The molecule has 0 radical (unpaired) electrons. The molecule has 2 amide bonds. The number of nitrogens with one attached hydrogen (secondary N) is 1. The van der Waals surface area contributed by atoms with Crippen molar-refractivity contribution >= 4 is 28.4 Å². The number of halogens is 3. The number of rotatable bonds is 6. The maximum atomic E-state index is 14.0. The van der Waals surface area contributed by atoms with Crippen LogP contribution in [0.5, 0.6) is 0 Å². The molecule has 2 heterocycles. The highest BCUT2D eigenvalue weighted by Gasteiger charge is 2.45. The van der Waals surface area contributed by atoms with Gasteiger partial charge in [0.15, 0.2) is 0 Å². The third-order valence-corrected chi connectivity index (χ3v) is 6.98. The van der Waals surface area contributed by atoms with Gasteiger partial charge >= 0.3 is 6.18 Å². The Morgan fingerprint density at radius 1 is 0.974 bits per heavy atom. The van der Waals surface area contributed by atoms with Gasteiger partial charge in [-0.15, -0.1) is 0 Å². The van der Waals surface area contributed by atoms with E-state index in [1.807, 2.05) is 42.1 Å². The van der Waals surface area contributed by atoms with Crippen LogP contribution in [0.2, 0.25) is 0 Å². The minimum Gasteiger partial charge on any atom is -0.383 e. The van der Waals surface area contributed by atoms with Gasteiger partial charge in [-0.2, -0.15) is 13.2 Å². The Kier molecular flexibility index (Phi) is 6.71. The number of para-hydroxylation sites is 1. The van der Waals surface area contributed by atoms with Gasteiger partial charge in [0, 0.05) is 54.6 Å². The van der Waals surface area contributed by atoms with E-state index in [2.05, 4.69) is 5.32 Å². The number of amides is 2. The molecule has 1 aromatic heterocycles. The highest BCUT2D eigenvalue weighted by Crippen LogP contribution is 2.45. The summed E-state index contributed by atoms with van der Waals surface area (Å²) in [4.78, 5) is 29.3. The molecule has 5 rings (SSSR count). The van der Waals surface area contributed by atoms with Crippen LogP contribution < -0.4 is 5.32 Å². The number of aromatic nitrogens is 1. The first-order valence-corrected chi connectivity index (χ1v) is 12.1. The van der Waals surface area contributed by atoms with Crippen LogP contribution >= 0.6 is 0 Å². The summed E-state index contributed by atoms with van der Waals surface area (Å²) in [6, 6.07) is 18.4. The predicted molar refractivity (Wildman–Crippen MR) is 138 cm³/mol. The van der Waals surface area contributed by atoms with E-state index in [0.717, 1.165) is 28.6 Å². The lowest BCUT2D eigenvalue weighted by molar-refractivity contribution is -0.137. The van der Waals surface area contributed by atoms with Crippen LogP contribution in [-0.4, -0.2) is 41.5 Å². The van der Waals surface area contributed by atoms with Gasteiger partial charge in [-0.1, -0.05) is 36.4 Å². The van der Waals surface area contributed by atoms with Gasteiger partial charge in [0.25, 0.3) is 5.91 Å². The summed E-state index contributed by atoms with van der Waals surface area (Å²) >= 11 is 0. The second kappa shape index (κ2) is 9.98. The summed E-state index contributed by atoms with van der Waals surface area (Å²) in [5.74, 6) is -1.46. The van der Waals surface area contributed by atoms with Crippen LogP contribution in [0.4, 0.5) is 18.9 Å². The summed E-state index contributed by atoms with van der Waals surface area (Å²) in [5, 5.41) is 3.70. The lowest BCUT2D eigenvalue weighted by Gasteiger charge is -2.41. The fourth-order valence-electron chi connectivity index (χ4n) is 5.23. The zero-order chi connectivity index (χ0) is 27.0. The van der Waals surface area contributed by atoms with Crippen molar-refractivity contribution < 1.29 is 27.5 Å². The van der Waals surface area contributed by atoms with E-state index in [4.69, 9.17) is 4.74 Å². The number of alkyl halides is 3. The topological polar surface area (TPSA) is 63.6 Å². The second-order valence-corrected chi connectivity index (χ2v) is 9.28. The maximum Gasteiger partial charge on any atom is 0.416 e. The van der Waals surface area contributed by atoms with Crippen LogP contribution in [0.15, 0.2) is 79.0 Å². The molecule has 2 atom stereocenters. The standard InChI is InChI=1S/C29H26F3N3O3/c1-34-17-23(20-7-5-6-10-24(20)34)26-25(27(36)33-19-13-11-18(12-14-19)29(30,31)32)21-8-3-4-9-22(21)28(37)35(26)15-16-38-2/h3-14,17,25-26H,15-16H2,1-2H3,(H,33,36)/t25-,26-/m0/s1. The van der Waals surface area contributed by atoms with Crippen LogP contribution in [0, 0.1) is 0 Å². The predicted octanol–water partition coefficient (Wildman–Crippen LogP) is 5.76. The first-order chi connectivity index (χ1) is 18.2. The number of aryl methyl sites for hydroxylation is 1. The van der Waals surface area contributed by atoms with Crippen molar-refractivity contribution in [3.05, 3.63) is 101 Å². The van der Waals surface area contributed by atoms with E-state index < -0.39 is 29.6 Å². The fraction of sp³-hybridized carbons (Fsp3) is 0.241. The minimum atomic E-state index is -4.48. The molecule has 1 aliphatic rings. The molecule has 1 N–H and O–H groups in total. The molecule has 0 bridgehead atoms. The monoisotopic (exact) mass is 521 g/mol. The molecule has 1 aliphatic heterocycles. The zero-order valence-corrected chi connectivity index (χ0v) is 20.8. The fourth-order valence-corrected chi connectivity index (χ4v) is 5.23. The molecule has 0 aliphatic carbocycles. The number of hydrogen-bond acceptors (Lipinski definition) is 3. The second-order valence-electron chi connectivity index (χ2n) is 9.28. The quantitative estimate of drug-likeness (QED) is 0.351. The highest BCUT2D eigenvalue weighted by molar-refractivity contribution is 6.05. The Morgan fingerprint density at radius 2 is 1.66 bits per heavy atom. The average molecular weight is 522 g/mol. The van der Waals surface area contributed by atoms with Gasteiger partial charge in [0.05, 0.1) is 24.1 Å². The van der Waals surface area contributed by atoms with Crippen molar-refractivity contribution in [3.63, 3.8) is 0 Å². The Morgan fingerprint density at radius 3 is 2.37 bits per heavy atom. The highest BCUT2D eigenvalue weighted by atomic mass is 19.4. The molecular weight excluding hydrogens is 495 g/mol. The number of carbonyl (C=O) groups is 2. The lowest BCUT2D eigenvalue weighted by Crippen LogP contribution is -2.47. The number of fused-ring (bicyclic) bond motifs is 2. The molecule has 196 valence electrons. The summed E-state index contributed by atoms with van der Waals surface area (Å²) in [6.07, 6.45) is -2.55. The first kappa shape index (κ1) is 25.5. The zero-order valence-electron chi connectivity index (χ0n) is 20.8. The van der Waals surface area contributed by atoms with Crippen LogP contribution in [0.1, 0.15) is 39.0 Å². The maximum absolute atomic E-state index is 14.0. The molecule has 9 heteroatoms. The number of ether oxygens (including phenoxy) is 1. The lowest BCUT2D eigenvalue weighted by atomic mass is 9.79. The number of nitrogens with zero attached hydrogens (tertiary/aromatic N) is 2. The Balaban J connectivity index is 1.63. The summed E-state index contributed by atoms with van der Waals surface area (Å²) in [6.45, 7) is 0.518. The molecular formula is C29H26F3N3O3. The summed E-state index contributed by atoms with van der Waals surface area (Å²) in [7, 11) is 3.45. The van der Waals surface area contributed by atoms with Crippen molar-refractivity contribution in [3.8, 4) is 0 Å². The molecule has 38 heavy (non-hydrogen) atoms. The van der Waals surface area contributed by atoms with Gasteiger partial charge in [-0.05, 0) is 42.0 Å². The van der Waals surface area contributed by atoms with Crippen LogP contribution in [-0.2, 0) is 22.8 Å². The number of carbonyl (C=O) groups excluding carboxylic acids is 2. The molecule has 0 saturated heterocycles. The van der Waals surface area contributed by atoms with E-state index >= 15 is 0 Å². The SMILES string of the molecule is COCCN1C(=O)c2ccccc2[C@H](C(=O)Nc2ccc(C(F)(F)F)cc2)[C@@H]1c1cn(C)c2ccccc12. The molecule has 3 aromatic carbocycles. The number of benzene rings is 3. The molecule has 4 aromatic rings. The van der Waals surface area contributed by atoms with Gasteiger partial charge < -0.3 is 19.5 Å². The van der Waals surface area contributed by atoms with Crippen molar-refractivity contribution in [2.45, 2.75) is 18.1 Å². The summed E-state index contributed by atoms with van der Waals surface area (Å²) in [5.41, 5.74) is 2.15. The van der Waals surface area contributed by atoms with E-state index in [1.165, 1.54) is 12.1 Å². The normalized spacial score (nSPS) is 17.5. The summed E-state index contributed by atoms with van der Waals surface area (Å²) < 4.78 is 46.4. The first-order valence-electron chi connectivity index (χ1n) is 12.1. The molecule has 0 spiro atoms. The molecule has 0 saturated carbocycles. The smallest absolute Gasteiger partial charge is 0.383 e. The molecule has 0 fully saturated rings. The number of anilines is 1. The van der Waals surface area contributed by atoms with Crippen molar-refractivity contribution in [1.82, 2.24) is 9.47 Å². The third kappa shape index (κ3) is 4.54. The minimum absolute atomic E-state index is 0.214. The third-order valence-electron chi connectivity index (χ3n) is 6.98. The Labute approximate surface area is 217 Å². The van der Waals surface area contributed by atoms with Crippen LogP contribution in [0.3, 0.4) is 0 Å². The van der Waals surface area contributed by atoms with E-state index in [0.29, 0.717) is 11.1 Å². The largest absolute Gasteiger partial charge is 0.416 e. The van der Waals surface area contributed by atoms with Gasteiger partial charge in [-0.25, -0.2) is 0 Å². The van der Waals surface area contributed by atoms with E-state index in [9.17, 15) is 22.8 Å². The van der Waals surface area contributed by atoms with Crippen molar-refractivity contribution in [2.24, 2.45) is 7.05 Å². The Hall–Kier alpha value is -4.11. The van der Waals surface area contributed by atoms with Crippen LogP contribution in [0.25, 0.3) is 10.9 Å². The number of methoxy groups -OCH3 is 1. The average Bonchev–Trinajstić information content (AvgIpc) is 3.24. The van der Waals surface area contributed by atoms with E-state index in [1.54, 1.807) is 36.3 Å². The Bertz CT molecular complexity index is 1490.